The fourth-order valence-corrected chi connectivity index (χ4v) is 4.10. The normalized spacial score (nSPS) is 25.0. The molecule has 0 aliphatic heterocycles. The minimum atomic E-state index is -1.01. The highest BCUT2D eigenvalue weighted by atomic mass is 35.5. The largest absolute Gasteiger partial charge is 0.465 e. The van der Waals surface area contributed by atoms with Crippen LogP contribution in [0.25, 0.3) is 0 Å². The molecule has 25 heavy (non-hydrogen) atoms. The van der Waals surface area contributed by atoms with Gasteiger partial charge in [-0.2, -0.15) is 0 Å². The number of amides is 2. The molecule has 0 spiro atoms. The molecule has 0 aromatic heterocycles. The zero-order valence-corrected chi connectivity index (χ0v) is 15.5. The zero-order chi connectivity index (χ0) is 18.7. The van der Waals surface area contributed by atoms with Crippen LogP contribution in [0.5, 0.6) is 5.75 Å². The van der Waals surface area contributed by atoms with Crippen molar-refractivity contribution in [2.24, 2.45) is 10.8 Å². The van der Waals surface area contributed by atoms with Gasteiger partial charge in [0.2, 0.25) is 0 Å². The molecule has 6 nitrogen and oxygen atoms in total. The molecule has 138 valence electrons. The van der Waals surface area contributed by atoms with Crippen molar-refractivity contribution in [1.29, 1.82) is 0 Å². The Kier molecular flexibility index (Phi) is 5.83. The molecule has 2 unspecified atom stereocenters. The minimum Gasteiger partial charge on any atom is -0.465 e. The van der Waals surface area contributed by atoms with E-state index in [0.717, 1.165) is 12.8 Å². The molecule has 7 heteroatoms. The first-order valence-electron chi connectivity index (χ1n) is 8.28. The summed E-state index contributed by atoms with van der Waals surface area (Å²) in [5.74, 6) is 0.418. The SMILES string of the molecule is CC1(C)CC(NC(=O)O)CC(C)(CNC(=O)Oc2ccc(Cl)cc2)C1. The minimum absolute atomic E-state index is 0.0120. The van der Waals surface area contributed by atoms with Gasteiger partial charge in [-0.15, -0.1) is 0 Å². The maximum Gasteiger partial charge on any atom is 0.412 e. The first-order valence-corrected chi connectivity index (χ1v) is 8.65. The van der Waals surface area contributed by atoms with Gasteiger partial charge in [0.15, 0.2) is 0 Å². The number of nitrogens with one attached hydrogen (secondary N) is 2. The number of ether oxygens (including phenoxy) is 1. The third-order valence-electron chi connectivity index (χ3n) is 4.45. The molecule has 0 heterocycles. The average Bonchev–Trinajstić information content (AvgIpc) is 2.45. The quantitative estimate of drug-likeness (QED) is 0.740. The average molecular weight is 369 g/mol. The molecule has 1 aromatic carbocycles. The van der Waals surface area contributed by atoms with Gasteiger partial charge in [-0.05, 0) is 54.4 Å². The number of carboxylic acid groups (broad SMARTS) is 1. The Balaban J connectivity index is 1.93. The summed E-state index contributed by atoms with van der Waals surface area (Å²) in [4.78, 5) is 23.0. The Hall–Kier alpha value is -1.95. The van der Waals surface area contributed by atoms with Crippen LogP contribution in [0.2, 0.25) is 5.02 Å². The number of hydrogen-bond acceptors (Lipinski definition) is 3. The van der Waals surface area contributed by atoms with Gasteiger partial charge in [0.1, 0.15) is 5.75 Å². The van der Waals surface area contributed by atoms with Crippen molar-refractivity contribution in [3.63, 3.8) is 0 Å². The molecular formula is C18H25ClN2O4. The van der Waals surface area contributed by atoms with Gasteiger partial charge in [-0.1, -0.05) is 32.4 Å². The highest BCUT2D eigenvalue weighted by Crippen LogP contribution is 2.45. The standard InChI is InChI=1S/C18H25ClN2O4/c1-17(2)8-13(21-15(22)23)9-18(3,10-17)11-20-16(24)25-14-6-4-12(19)5-7-14/h4-7,13,21H,8-11H2,1-3H3,(H,20,24)(H,22,23). The lowest BCUT2D eigenvalue weighted by Crippen LogP contribution is -2.50. The molecule has 1 aliphatic rings. The Morgan fingerprint density at radius 2 is 1.88 bits per heavy atom. The van der Waals surface area contributed by atoms with E-state index in [2.05, 4.69) is 31.4 Å². The van der Waals surface area contributed by atoms with Crippen LogP contribution >= 0.6 is 11.6 Å². The van der Waals surface area contributed by atoms with Crippen molar-refractivity contribution in [1.82, 2.24) is 10.6 Å². The smallest absolute Gasteiger partial charge is 0.412 e. The maximum atomic E-state index is 12.0. The van der Waals surface area contributed by atoms with Crippen molar-refractivity contribution in [2.45, 2.75) is 46.1 Å². The lowest BCUT2D eigenvalue weighted by Gasteiger charge is -2.46. The van der Waals surface area contributed by atoms with E-state index < -0.39 is 12.2 Å². The van der Waals surface area contributed by atoms with Gasteiger partial charge in [0.05, 0.1) is 0 Å². The molecule has 1 saturated carbocycles. The highest BCUT2D eigenvalue weighted by molar-refractivity contribution is 6.30. The van der Waals surface area contributed by atoms with Crippen molar-refractivity contribution in [3.05, 3.63) is 29.3 Å². The second kappa shape index (κ2) is 7.52. The van der Waals surface area contributed by atoms with E-state index in [0.29, 0.717) is 23.7 Å². The summed E-state index contributed by atoms with van der Waals surface area (Å²) in [6, 6.07) is 6.43. The van der Waals surface area contributed by atoms with Crippen molar-refractivity contribution >= 4 is 23.8 Å². The number of benzene rings is 1. The fraction of sp³-hybridized carbons (Fsp3) is 0.556. The summed E-state index contributed by atoms with van der Waals surface area (Å²) >= 11 is 5.80. The van der Waals surface area contributed by atoms with Gasteiger partial charge in [-0.25, -0.2) is 9.59 Å². The van der Waals surface area contributed by atoms with E-state index in [-0.39, 0.29) is 16.9 Å². The predicted octanol–water partition coefficient (Wildman–Crippen LogP) is 4.28. The van der Waals surface area contributed by atoms with Gasteiger partial charge < -0.3 is 20.5 Å². The zero-order valence-electron chi connectivity index (χ0n) is 14.8. The second-order valence-electron chi connectivity index (χ2n) is 7.90. The van der Waals surface area contributed by atoms with Crippen LogP contribution in [0, 0.1) is 10.8 Å². The third kappa shape index (κ3) is 6.12. The van der Waals surface area contributed by atoms with Gasteiger partial charge in [0.25, 0.3) is 0 Å². The molecular weight excluding hydrogens is 344 g/mol. The Bertz CT molecular complexity index is 632. The predicted molar refractivity (Wildman–Crippen MR) is 96.2 cm³/mol. The van der Waals surface area contributed by atoms with Crippen LogP contribution in [0.15, 0.2) is 24.3 Å². The first kappa shape index (κ1) is 19.4. The van der Waals surface area contributed by atoms with Gasteiger partial charge >= 0.3 is 12.2 Å². The van der Waals surface area contributed by atoms with Crippen LogP contribution in [-0.4, -0.2) is 29.9 Å². The summed E-state index contributed by atoms with van der Waals surface area (Å²) < 4.78 is 5.23. The first-order chi connectivity index (χ1) is 11.6. The monoisotopic (exact) mass is 368 g/mol. The topological polar surface area (TPSA) is 87.7 Å². The molecule has 0 bridgehead atoms. The van der Waals surface area contributed by atoms with Crippen LogP contribution in [-0.2, 0) is 0 Å². The highest BCUT2D eigenvalue weighted by Gasteiger charge is 2.42. The molecule has 2 atom stereocenters. The Morgan fingerprint density at radius 1 is 1.24 bits per heavy atom. The lowest BCUT2D eigenvalue weighted by atomic mass is 9.62. The van der Waals surface area contributed by atoms with E-state index >= 15 is 0 Å². The molecule has 1 fully saturated rings. The van der Waals surface area contributed by atoms with Crippen LogP contribution in [0.1, 0.15) is 40.0 Å². The van der Waals surface area contributed by atoms with Gasteiger partial charge in [0, 0.05) is 17.6 Å². The van der Waals surface area contributed by atoms with E-state index in [1.54, 1.807) is 24.3 Å². The van der Waals surface area contributed by atoms with Crippen molar-refractivity contribution in [2.75, 3.05) is 6.54 Å². The third-order valence-corrected chi connectivity index (χ3v) is 4.71. The molecule has 3 N–H and O–H groups in total. The molecule has 1 aliphatic carbocycles. The van der Waals surface area contributed by atoms with Crippen LogP contribution < -0.4 is 15.4 Å². The molecule has 0 radical (unpaired) electrons. The van der Waals surface area contributed by atoms with Crippen LogP contribution in [0.4, 0.5) is 9.59 Å². The second-order valence-corrected chi connectivity index (χ2v) is 8.34. The van der Waals surface area contributed by atoms with Crippen molar-refractivity contribution < 1.29 is 19.4 Å². The number of hydrogen-bond donors (Lipinski definition) is 3. The summed E-state index contributed by atoms with van der Waals surface area (Å²) in [6.07, 6.45) is 0.794. The molecule has 1 aromatic rings. The van der Waals surface area contributed by atoms with Crippen molar-refractivity contribution in [3.8, 4) is 5.75 Å². The summed E-state index contributed by atoms with van der Waals surface area (Å²) in [5, 5.41) is 15.0. The summed E-state index contributed by atoms with van der Waals surface area (Å²) in [6.45, 7) is 6.72. The Morgan fingerprint density at radius 3 is 2.48 bits per heavy atom. The molecule has 0 saturated heterocycles. The van der Waals surface area contributed by atoms with E-state index in [1.807, 2.05) is 0 Å². The van der Waals surface area contributed by atoms with Crippen LogP contribution in [0.3, 0.4) is 0 Å². The van der Waals surface area contributed by atoms with Gasteiger partial charge in [-0.3, -0.25) is 0 Å². The number of carbonyl (C=O) groups is 2. The number of rotatable bonds is 4. The fourth-order valence-electron chi connectivity index (χ4n) is 3.98. The summed E-state index contributed by atoms with van der Waals surface area (Å²) in [5.41, 5.74) is -0.226. The van der Waals surface area contributed by atoms with E-state index in [4.69, 9.17) is 21.4 Å². The number of carbonyl (C=O) groups excluding carboxylic acids is 1. The maximum absolute atomic E-state index is 12.0. The Labute approximate surface area is 152 Å². The summed E-state index contributed by atoms with van der Waals surface area (Å²) in [7, 11) is 0. The van der Waals surface area contributed by atoms with E-state index in [1.165, 1.54) is 0 Å². The molecule has 2 amide bonds. The number of halogens is 1. The lowest BCUT2D eigenvalue weighted by molar-refractivity contribution is 0.0695. The van der Waals surface area contributed by atoms with E-state index in [9.17, 15) is 9.59 Å². The molecule has 2 rings (SSSR count).